The number of benzene rings is 1. The second kappa shape index (κ2) is 6.78. The van der Waals surface area contributed by atoms with Crippen LogP contribution < -0.4 is 5.32 Å². The number of fused-ring (bicyclic) bond motifs is 1. The molecule has 7 heteroatoms. The van der Waals surface area contributed by atoms with E-state index in [1.54, 1.807) is 12.1 Å². The highest BCUT2D eigenvalue weighted by atomic mass is 32.2. The van der Waals surface area contributed by atoms with Gasteiger partial charge in [-0.2, -0.15) is 13.2 Å². The normalized spacial score (nSPS) is 22.0. The number of anilines is 1. The fourth-order valence-corrected chi connectivity index (χ4v) is 4.58. The van der Waals surface area contributed by atoms with Gasteiger partial charge in [-0.05, 0) is 37.5 Å². The van der Waals surface area contributed by atoms with E-state index >= 15 is 0 Å². The number of hydrogen-bond acceptors (Lipinski definition) is 2. The van der Waals surface area contributed by atoms with Crippen molar-refractivity contribution in [2.75, 3.05) is 16.8 Å². The molecule has 132 valence electrons. The van der Waals surface area contributed by atoms with Crippen LogP contribution in [0.3, 0.4) is 0 Å². The van der Waals surface area contributed by atoms with E-state index in [-0.39, 0.29) is 6.04 Å². The molecule has 0 bridgehead atoms. The first-order valence-electron chi connectivity index (χ1n) is 8.17. The molecule has 1 N–H and O–H groups in total. The molecule has 1 aliphatic rings. The van der Waals surface area contributed by atoms with E-state index < -0.39 is 23.5 Å². The molecular formula is C17H21F3N2OS. The molecule has 3 nitrogen and oxygen atoms in total. The van der Waals surface area contributed by atoms with E-state index in [0.29, 0.717) is 29.1 Å². The Kier molecular flexibility index (Phi) is 4.90. The number of hydrogen-bond donors (Lipinski definition) is 1. The van der Waals surface area contributed by atoms with Crippen molar-refractivity contribution in [3.05, 3.63) is 30.0 Å². The summed E-state index contributed by atoms with van der Waals surface area (Å²) in [7, 11) is -0.728. The minimum atomic E-state index is -4.24. The summed E-state index contributed by atoms with van der Waals surface area (Å²) in [5.41, 5.74) is 2.15. The molecule has 0 atom stereocenters. The Hall–Kier alpha value is -1.50. The molecule has 3 rings (SSSR count). The number of alkyl halides is 3. The van der Waals surface area contributed by atoms with Gasteiger partial charge in [-0.1, -0.05) is 13.0 Å². The molecule has 0 saturated carbocycles. The van der Waals surface area contributed by atoms with Gasteiger partial charge in [0.1, 0.15) is 6.54 Å². The van der Waals surface area contributed by atoms with E-state index in [1.165, 1.54) is 4.57 Å². The maximum Gasteiger partial charge on any atom is 0.406 e. The van der Waals surface area contributed by atoms with Gasteiger partial charge < -0.3 is 9.88 Å². The van der Waals surface area contributed by atoms with E-state index in [2.05, 4.69) is 5.32 Å². The zero-order chi connectivity index (χ0) is 17.3. The molecule has 1 aliphatic heterocycles. The molecule has 0 amide bonds. The fraction of sp³-hybridized carbons (Fsp3) is 0.529. The molecule has 2 aromatic rings. The average Bonchev–Trinajstić information content (AvgIpc) is 2.87. The van der Waals surface area contributed by atoms with Crippen molar-refractivity contribution in [3.63, 3.8) is 0 Å². The Morgan fingerprint density at radius 2 is 2.00 bits per heavy atom. The SMILES string of the molecule is CCc1cc2c(NC3CCS(=O)CC3)cccc2n1CC(F)(F)F. The Bertz CT molecular complexity index is 744. The third kappa shape index (κ3) is 3.77. The van der Waals surface area contributed by atoms with Gasteiger partial charge in [-0.25, -0.2) is 0 Å². The predicted molar refractivity (Wildman–Crippen MR) is 91.9 cm³/mol. The molecule has 1 saturated heterocycles. The van der Waals surface area contributed by atoms with Gasteiger partial charge in [-0.3, -0.25) is 4.21 Å². The Morgan fingerprint density at radius 1 is 1.29 bits per heavy atom. The Labute approximate surface area is 141 Å². The summed E-state index contributed by atoms with van der Waals surface area (Å²) >= 11 is 0. The van der Waals surface area contributed by atoms with Gasteiger partial charge in [0.25, 0.3) is 0 Å². The zero-order valence-corrected chi connectivity index (χ0v) is 14.3. The van der Waals surface area contributed by atoms with Crippen LogP contribution in [0.4, 0.5) is 18.9 Å². The van der Waals surface area contributed by atoms with Gasteiger partial charge in [0.15, 0.2) is 0 Å². The van der Waals surface area contributed by atoms with Crippen molar-refractivity contribution >= 4 is 27.4 Å². The van der Waals surface area contributed by atoms with Crippen molar-refractivity contribution in [3.8, 4) is 0 Å². The lowest BCUT2D eigenvalue weighted by Gasteiger charge is -2.24. The molecule has 1 aromatic carbocycles. The monoisotopic (exact) mass is 358 g/mol. The Morgan fingerprint density at radius 3 is 2.62 bits per heavy atom. The van der Waals surface area contributed by atoms with Crippen LogP contribution in [0.15, 0.2) is 24.3 Å². The first-order chi connectivity index (χ1) is 11.4. The quantitative estimate of drug-likeness (QED) is 0.893. The number of nitrogens with one attached hydrogen (secondary N) is 1. The second-order valence-electron chi connectivity index (χ2n) is 6.20. The summed E-state index contributed by atoms with van der Waals surface area (Å²) in [5.74, 6) is 1.37. The molecule has 0 radical (unpaired) electrons. The summed E-state index contributed by atoms with van der Waals surface area (Å²) < 4.78 is 51.5. The summed E-state index contributed by atoms with van der Waals surface area (Å²) in [4.78, 5) is 0. The van der Waals surface area contributed by atoms with Crippen LogP contribution in [-0.4, -0.2) is 32.5 Å². The first-order valence-corrected chi connectivity index (χ1v) is 9.65. The smallest absolute Gasteiger partial charge is 0.382 e. The van der Waals surface area contributed by atoms with Crippen LogP contribution in [0.1, 0.15) is 25.5 Å². The topological polar surface area (TPSA) is 34.0 Å². The number of rotatable bonds is 4. The van der Waals surface area contributed by atoms with Crippen molar-refractivity contribution in [1.29, 1.82) is 0 Å². The van der Waals surface area contributed by atoms with Gasteiger partial charge >= 0.3 is 6.18 Å². The number of nitrogens with zero attached hydrogens (tertiary/aromatic N) is 1. The maximum atomic E-state index is 12.9. The maximum absolute atomic E-state index is 12.9. The standard InChI is InChI=1S/C17H21F3N2OS/c1-2-13-10-14-15(21-12-6-8-24(23)9-7-12)4-3-5-16(14)22(13)11-17(18,19)20/h3-5,10,12,21H,2,6-9,11H2,1H3. The number of aryl methyl sites for hydroxylation is 1. The fourth-order valence-electron chi connectivity index (χ4n) is 3.28. The molecule has 1 fully saturated rings. The molecule has 1 aromatic heterocycles. The lowest BCUT2D eigenvalue weighted by atomic mass is 10.1. The summed E-state index contributed by atoms with van der Waals surface area (Å²) in [6.45, 7) is 0.899. The summed E-state index contributed by atoms with van der Waals surface area (Å²) in [6.07, 6.45) is -2.04. The average molecular weight is 358 g/mol. The Balaban J connectivity index is 1.93. The molecule has 2 heterocycles. The van der Waals surface area contributed by atoms with Crippen molar-refractivity contribution in [2.45, 2.75) is 44.9 Å². The van der Waals surface area contributed by atoms with Crippen molar-refractivity contribution in [1.82, 2.24) is 4.57 Å². The lowest BCUT2D eigenvalue weighted by Crippen LogP contribution is -2.29. The zero-order valence-electron chi connectivity index (χ0n) is 13.5. The molecule has 0 aliphatic carbocycles. The van der Waals surface area contributed by atoms with Crippen LogP contribution in [-0.2, 0) is 23.8 Å². The highest BCUT2D eigenvalue weighted by Gasteiger charge is 2.30. The van der Waals surface area contributed by atoms with Gasteiger partial charge in [0.2, 0.25) is 0 Å². The van der Waals surface area contributed by atoms with Crippen LogP contribution in [0.25, 0.3) is 10.9 Å². The van der Waals surface area contributed by atoms with Crippen LogP contribution in [0.5, 0.6) is 0 Å². The van der Waals surface area contributed by atoms with Crippen LogP contribution in [0, 0.1) is 0 Å². The van der Waals surface area contributed by atoms with Crippen LogP contribution in [0.2, 0.25) is 0 Å². The second-order valence-corrected chi connectivity index (χ2v) is 7.89. The van der Waals surface area contributed by atoms with Crippen molar-refractivity contribution in [2.24, 2.45) is 0 Å². The van der Waals surface area contributed by atoms with Gasteiger partial charge in [0.05, 0.1) is 5.52 Å². The molecule has 0 unspecified atom stereocenters. The highest BCUT2D eigenvalue weighted by molar-refractivity contribution is 7.85. The molecule has 0 spiro atoms. The molecular weight excluding hydrogens is 337 g/mol. The van der Waals surface area contributed by atoms with E-state index in [0.717, 1.165) is 23.9 Å². The van der Waals surface area contributed by atoms with E-state index in [1.807, 2.05) is 19.1 Å². The minimum absolute atomic E-state index is 0.226. The van der Waals surface area contributed by atoms with E-state index in [9.17, 15) is 17.4 Å². The highest BCUT2D eigenvalue weighted by Crippen LogP contribution is 2.31. The lowest BCUT2D eigenvalue weighted by molar-refractivity contribution is -0.140. The molecule has 24 heavy (non-hydrogen) atoms. The number of aromatic nitrogens is 1. The van der Waals surface area contributed by atoms with E-state index in [4.69, 9.17) is 0 Å². The minimum Gasteiger partial charge on any atom is -0.382 e. The van der Waals surface area contributed by atoms with Gasteiger partial charge in [0, 0.05) is 45.1 Å². The predicted octanol–water partition coefficient (Wildman–Crippen LogP) is 4.09. The summed E-state index contributed by atoms with van der Waals surface area (Å²) in [6, 6.07) is 7.51. The van der Waals surface area contributed by atoms with Crippen LogP contribution >= 0.6 is 0 Å². The van der Waals surface area contributed by atoms with Gasteiger partial charge in [-0.15, -0.1) is 0 Å². The number of halogens is 3. The van der Waals surface area contributed by atoms with Crippen molar-refractivity contribution < 1.29 is 17.4 Å². The third-order valence-corrected chi connectivity index (χ3v) is 5.86. The largest absolute Gasteiger partial charge is 0.406 e. The summed E-state index contributed by atoms with van der Waals surface area (Å²) in [5, 5.41) is 4.27. The third-order valence-electron chi connectivity index (χ3n) is 4.48. The first kappa shape index (κ1) is 17.3.